The van der Waals surface area contributed by atoms with Gasteiger partial charge in [-0.3, -0.25) is 9.59 Å². The highest BCUT2D eigenvalue weighted by Crippen LogP contribution is 2.22. The van der Waals surface area contributed by atoms with Crippen molar-refractivity contribution in [3.8, 4) is 11.4 Å². The summed E-state index contributed by atoms with van der Waals surface area (Å²) >= 11 is 8.15. The number of hydrogen-bond acceptors (Lipinski definition) is 18. The Morgan fingerprint density at radius 1 is 0.729 bits per heavy atom. The van der Waals surface area contributed by atoms with E-state index < -0.39 is 47.9 Å². The van der Waals surface area contributed by atoms with Gasteiger partial charge in [0.1, 0.15) is 36.0 Å². The highest BCUT2D eigenvalue weighted by Gasteiger charge is 2.26. The van der Waals surface area contributed by atoms with Crippen molar-refractivity contribution >= 4 is 105 Å². The first-order chi connectivity index (χ1) is 23.2. The zero-order valence-corrected chi connectivity index (χ0v) is 30.9. The third kappa shape index (κ3) is 14.6. The van der Waals surface area contributed by atoms with Gasteiger partial charge in [0.2, 0.25) is 0 Å². The van der Waals surface area contributed by atoms with Crippen LogP contribution in [0, 0.1) is 0 Å². The number of aromatic nitrogens is 2. The van der Waals surface area contributed by atoms with Crippen LogP contribution in [0.3, 0.4) is 0 Å². The van der Waals surface area contributed by atoms with E-state index in [0.717, 1.165) is 34.5 Å². The minimum absolute atomic E-state index is 0.00873. The molecule has 262 valence electrons. The number of aldehydes is 2. The summed E-state index contributed by atoms with van der Waals surface area (Å²) in [7, 11) is 4.71. The number of hydrogen-bond donors (Lipinski definition) is 6. The van der Waals surface area contributed by atoms with E-state index in [4.69, 9.17) is 9.47 Å². The fraction of sp³-hybridized carbons (Fsp3) is 0.429. The first-order valence-corrected chi connectivity index (χ1v) is 20.2. The summed E-state index contributed by atoms with van der Waals surface area (Å²) in [5, 5.41) is 5.28. The lowest BCUT2D eigenvalue weighted by atomic mass is 10.2. The van der Waals surface area contributed by atoms with Gasteiger partial charge < -0.3 is 29.7 Å². The standard InChI is InChI=1S/C28H36N6O8S6/c1-3-41-27(39)23(15-45-47-33-17(11-35)13-43)31-25(37)21-9-5-7-19(29-21)20-8-6-10-22(30-20)26(38)32-24(28(40)42-4-2)16-46-48-34-18(12-36)14-44/h5-12,17-18,23-24,33-34,43-44H,3-4,13-16H2,1-2H3,(H,31,37)(H,32,38)/t17-,18-,23?,24?/m1/s1. The molecule has 0 aliphatic carbocycles. The Bertz CT molecular complexity index is 1280. The van der Waals surface area contributed by atoms with Gasteiger partial charge in [0, 0.05) is 23.0 Å². The molecule has 14 nitrogen and oxygen atoms in total. The molecule has 4 atom stereocenters. The highest BCUT2D eigenvalue weighted by molar-refractivity contribution is 8.76. The number of carbonyl (C=O) groups is 6. The van der Waals surface area contributed by atoms with Gasteiger partial charge in [-0.1, -0.05) is 33.7 Å². The van der Waals surface area contributed by atoms with Crippen LogP contribution in [-0.2, 0) is 28.7 Å². The molecule has 0 bridgehead atoms. The van der Waals surface area contributed by atoms with Crippen molar-refractivity contribution in [1.29, 1.82) is 0 Å². The molecule has 0 aliphatic rings. The molecule has 48 heavy (non-hydrogen) atoms. The van der Waals surface area contributed by atoms with Crippen molar-refractivity contribution < 1.29 is 38.2 Å². The Hall–Kier alpha value is -2.46. The largest absolute Gasteiger partial charge is 0.464 e. The minimum Gasteiger partial charge on any atom is -0.464 e. The monoisotopic (exact) mass is 776 g/mol. The molecule has 2 aromatic rings. The lowest BCUT2D eigenvalue weighted by molar-refractivity contribution is -0.145. The molecule has 0 saturated heterocycles. The predicted octanol–water partition coefficient (Wildman–Crippen LogP) is 2.23. The zero-order chi connectivity index (χ0) is 35.3. The van der Waals surface area contributed by atoms with E-state index in [2.05, 4.69) is 55.3 Å². The molecule has 2 rings (SSSR count). The van der Waals surface area contributed by atoms with E-state index in [1.54, 1.807) is 38.1 Å². The van der Waals surface area contributed by atoms with Crippen LogP contribution in [0.25, 0.3) is 11.4 Å². The summed E-state index contributed by atoms with van der Waals surface area (Å²) in [6, 6.07) is 6.33. The predicted molar refractivity (Wildman–Crippen MR) is 197 cm³/mol. The number of amides is 2. The van der Waals surface area contributed by atoms with Gasteiger partial charge >= 0.3 is 11.9 Å². The van der Waals surface area contributed by atoms with Gasteiger partial charge in [0.25, 0.3) is 11.8 Å². The van der Waals surface area contributed by atoms with Crippen molar-refractivity contribution in [2.24, 2.45) is 0 Å². The molecule has 0 spiro atoms. The van der Waals surface area contributed by atoms with Gasteiger partial charge in [-0.25, -0.2) is 29.0 Å². The van der Waals surface area contributed by atoms with E-state index in [1.807, 2.05) is 0 Å². The molecular weight excluding hydrogens is 741 g/mol. The van der Waals surface area contributed by atoms with E-state index in [9.17, 15) is 28.8 Å². The van der Waals surface area contributed by atoms with E-state index in [-0.39, 0.29) is 47.5 Å². The maximum atomic E-state index is 13.1. The normalized spacial score (nSPS) is 13.3. The summed E-state index contributed by atoms with van der Waals surface area (Å²) in [5.41, 5.74) is 0.537. The third-order valence-electron chi connectivity index (χ3n) is 5.69. The summed E-state index contributed by atoms with van der Waals surface area (Å²) in [6.45, 7) is 3.53. The van der Waals surface area contributed by atoms with Gasteiger partial charge in [0.05, 0.1) is 36.7 Å². The Morgan fingerprint density at radius 3 is 1.46 bits per heavy atom. The van der Waals surface area contributed by atoms with Crippen LogP contribution in [-0.4, -0.2) is 107 Å². The van der Waals surface area contributed by atoms with Crippen LogP contribution < -0.4 is 20.1 Å². The summed E-state index contributed by atoms with van der Waals surface area (Å²) in [6.07, 6.45) is 1.44. The fourth-order valence-electron chi connectivity index (χ4n) is 3.31. The summed E-state index contributed by atoms with van der Waals surface area (Å²) < 4.78 is 16.0. The topological polar surface area (TPSA) is 195 Å². The molecular formula is C28H36N6O8S6. The number of thiol groups is 2. The number of rotatable bonds is 23. The maximum Gasteiger partial charge on any atom is 0.329 e. The number of ether oxygens (including phenoxy) is 2. The lowest BCUT2D eigenvalue weighted by Gasteiger charge is -2.17. The zero-order valence-electron chi connectivity index (χ0n) is 25.9. The molecule has 0 radical (unpaired) electrons. The fourth-order valence-corrected chi connectivity index (χ4v) is 7.79. The molecule has 0 aliphatic heterocycles. The van der Waals surface area contributed by atoms with Crippen LogP contribution in [0.2, 0.25) is 0 Å². The Morgan fingerprint density at radius 2 is 1.12 bits per heavy atom. The van der Waals surface area contributed by atoms with Gasteiger partial charge in [-0.05, 0) is 60.1 Å². The Kier molecular flexibility index (Phi) is 20.7. The molecule has 0 aromatic carbocycles. The van der Waals surface area contributed by atoms with Crippen LogP contribution in [0.4, 0.5) is 0 Å². The molecule has 0 fully saturated rings. The van der Waals surface area contributed by atoms with Gasteiger partial charge in [-0.2, -0.15) is 25.3 Å². The van der Waals surface area contributed by atoms with Crippen LogP contribution in [0.1, 0.15) is 34.8 Å². The molecule has 2 unspecified atom stereocenters. The van der Waals surface area contributed by atoms with Crippen molar-refractivity contribution in [3.05, 3.63) is 47.8 Å². The maximum absolute atomic E-state index is 13.1. The van der Waals surface area contributed by atoms with Crippen molar-refractivity contribution in [2.45, 2.75) is 38.0 Å². The van der Waals surface area contributed by atoms with Crippen LogP contribution >= 0.6 is 68.8 Å². The average molecular weight is 777 g/mol. The second-order valence-corrected chi connectivity index (χ2v) is 14.3. The number of carbonyl (C=O) groups excluding carboxylic acids is 6. The number of pyridine rings is 2. The van der Waals surface area contributed by atoms with Crippen LogP contribution in [0.15, 0.2) is 36.4 Å². The Labute approximate surface area is 305 Å². The third-order valence-corrected chi connectivity index (χ3v) is 10.5. The first kappa shape index (κ1) is 41.7. The van der Waals surface area contributed by atoms with Crippen molar-refractivity contribution in [3.63, 3.8) is 0 Å². The SMILES string of the molecule is CCOC(=O)C(CSSN[C@H](C=O)CS)NC(=O)c1cccc(-c2cccc(C(=O)NC(CSSN[C@H](C=O)CS)C(=O)OCC)n2)n1. The second-order valence-electron chi connectivity index (χ2n) is 9.19. The smallest absolute Gasteiger partial charge is 0.329 e. The lowest BCUT2D eigenvalue weighted by Crippen LogP contribution is -2.44. The van der Waals surface area contributed by atoms with Crippen molar-refractivity contribution in [2.75, 3.05) is 36.2 Å². The van der Waals surface area contributed by atoms with Gasteiger partial charge in [-0.15, -0.1) is 0 Å². The average Bonchev–Trinajstić information content (AvgIpc) is 3.10. The molecule has 20 heteroatoms. The number of nitrogens with zero attached hydrogens (tertiary/aromatic N) is 2. The molecule has 2 aromatic heterocycles. The highest BCUT2D eigenvalue weighted by atomic mass is 33.1. The quantitative estimate of drug-likeness (QED) is 0.0240. The Balaban J connectivity index is 2.14. The van der Waals surface area contributed by atoms with E-state index in [1.165, 1.54) is 33.7 Å². The van der Waals surface area contributed by atoms with Crippen LogP contribution in [0.5, 0.6) is 0 Å². The first-order valence-electron chi connectivity index (χ1n) is 14.3. The van der Waals surface area contributed by atoms with Crippen molar-refractivity contribution in [1.82, 2.24) is 30.0 Å². The summed E-state index contributed by atoms with van der Waals surface area (Å²) in [5.74, 6) is -1.68. The molecule has 2 amide bonds. The van der Waals surface area contributed by atoms with E-state index in [0.29, 0.717) is 11.5 Å². The molecule has 0 saturated carbocycles. The summed E-state index contributed by atoms with van der Waals surface area (Å²) in [4.78, 5) is 82.1. The number of esters is 2. The second kappa shape index (κ2) is 23.8. The number of nitrogens with one attached hydrogen (secondary N) is 4. The van der Waals surface area contributed by atoms with E-state index >= 15 is 0 Å². The van der Waals surface area contributed by atoms with Gasteiger partial charge in [0.15, 0.2) is 0 Å². The minimum atomic E-state index is -1.01. The molecule has 2 heterocycles. The molecule has 4 N–H and O–H groups in total.